The van der Waals surface area contributed by atoms with E-state index in [1.54, 1.807) is 45.0 Å². The van der Waals surface area contributed by atoms with Crippen LogP contribution in [-0.4, -0.2) is 26.6 Å². The number of halogens is 3. The molecule has 0 aromatic heterocycles. The topological polar surface area (TPSA) is 61.8 Å². The number of alkyl halides is 3. The molecule has 5 nitrogen and oxygen atoms in total. The van der Waals surface area contributed by atoms with Crippen LogP contribution in [0.1, 0.15) is 30.5 Å². The SMILES string of the molecule is COc1ccc2c(c1)OC(C)(C)C(c1ccccc1C)=C2OS(=O)(=O)C(F)(F)F. The summed E-state index contributed by atoms with van der Waals surface area (Å²) in [6, 6.07) is 11.3. The van der Waals surface area contributed by atoms with Crippen molar-refractivity contribution in [2.75, 3.05) is 7.11 Å². The largest absolute Gasteiger partial charge is 0.534 e. The molecule has 0 fully saturated rings. The van der Waals surface area contributed by atoms with Crippen molar-refractivity contribution in [3.63, 3.8) is 0 Å². The van der Waals surface area contributed by atoms with Crippen LogP contribution < -0.4 is 9.47 Å². The van der Waals surface area contributed by atoms with Crippen molar-refractivity contribution in [2.24, 2.45) is 0 Å². The molecular formula is C20H19F3O5S. The highest BCUT2D eigenvalue weighted by molar-refractivity contribution is 7.87. The van der Waals surface area contributed by atoms with Crippen molar-refractivity contribution in [3.8, 4) is 11.5 Å². The maximum absolute atomic E-state index is 13.1. The molecule has 1 heterocycles. The van der Waals surface area contributed by atoms with Crippen LogP contribution in [0.3, 0.4) is 0 Å². The molecule has 0 radical (unpaired) electrons. The summed E-state index contributed by atoms with van der Waals surface area (Å²) < 4.78 is 78.9. The lowest BCUT2D eigenvalue weighted by atomic mass is 9.84. The Labute approximate surface area is 166 Å². The molecule has 2 aromatic rings. The highest BCUT2D eigenvalue weighted by Gasteiger charge is 2.51. The molecule has 0 amide bonds. The number of benzene rings is 2. The van der Waals surface area contributed by atoms with Crippen molar-refractivity contribution in [1.29, 1.82) is 0 Å². The Bertz CT molecular complexity index is 1090. The number of hydrogen-bond donors (Lipinski definition) is 0. The summed E-state index contributed by atoms with van der Waals surface area (Å²) in [4.78, 5) is 0. The van der Waals surface area contributed by atoms with E-state index in [9.17, 15) is 21.6 Å². The van der Waals surface area contributed by atoms with E-state index in [1.807, 2.05) is 0 Å². The zero-order chi connectivity index (χ0) is 21.6. The molecule has 0 spiro atoms. The maximum Gasteiger partial charge on any atom is 0.534 e. The van der Waals surface area contributed by atoms with Gasteiger partial charge in [-0.3, -0.25) is 0 Å². The first-order chi connectivity index (χ1) is 13.4. The number of aryl methyl sites for hydroxylation is 1. The van der Waals surface area contributed by atoms with Crippen LogP contribution >= 0.6 is 0 Å². The van der Waals surface area contributed by atoms with Gasteiger partial charge in [-0.15, -0.1) is 0 Å². The minimum absolute atomic E-state index is 0.0798. The molecule has 0 bridgehead atoms. The van der Waals surface area contributed by atoms with Crippen molar-refractivity contribution in [1.82, 2.24) is 0 Å². The lowest BCUT2D eigenvalue weighted by Crippen LogP contribution is -2.36. The molecule has 1 aliphatic rings. The summed E-state index contributed by atoms with van der Waals surface area (Å²) in [6.07, 6.45) is 0. The third-order valence-corrected chi connectivity index (χ3v) is 5.47. The van der Waals surface area contributed by atoms with Gasteiger partial charge in [0.1, 0.15) is 17.1 Å². The lowest BCUT2D eigenvalue weighted by Gasteiger charge is -2.37. The van der Waals surface area contributed by atoms with Gasteiger partial charge in [-0.1, -0.05) is 24.3 Å². The average molecular weight is 428 g/mol. The van der Waals surface area contributed by atoms with E-state index < -0.39 is 27.0 Å². The van der Waals surface area contributed by atoms with Gasteiger partial charge in [0, 0.05) is 11.6 Å². The second kappa shape index (κ2) is 6.98. The molecule has 0 saturated carbocycles. The molecule has 2 aromatic carbocycles. The number of ether oxygens (including phenoxy) is 2. The zero-order valence-electron chi connectivity index (χ0n) is 16.1. The highest BCUT2D eigenvalue weighted by atomic mass is 32.2. The second-order valence-corrected chi connectivity index (χ2v) is 8.51. The van der Waals surface area contributed by atoms with Crippen molar-refractivity contribution >= 4 is 21.5 Å². The summed E-state index contributed by atoms with van der Waals surface area (Å²) in [6.45, 7) is 5.01. The highest BCUT2D eigenvalue weighted by Crippen LogP contribution is 2.48. The first kappa shape index (κ1) is 21.0. The maximum atomic E-state index is 13.1. The number of hydrogen-bond acceptors (Lipinski definition) is 5. The Hall–Kier alpha value is -2.68. The third-order valence-electron chi connectivity index (χ3n) is 4.52. The quantitative estimate of drug-likeness (QED) is 0.512. The van der Waals surface area contributed by atoms with E-state index in [1.165, 1.54) is 25.3 Å². The Morgan fingerprint density at radius 3 is 2.28 bits per heavy atom. The molecule has 9 heteroatoms. The Balaban J connectivity index is 2.36. The number of methoxy groups -OCH3 is 1. The summed E-state index contributed by atoms with van der Waals surface area (Å²) in [5.41, 5.74) is -5.25. The van der Waals surface area contributed by atoms with E-state index in [4.69, 9.17) is 13.7 Å². The van der Waals surface area contributed by atoms with E-state index in [-0.39, 0.29) is 16.9 Å². The molecule has 0 saturated heterocycles. The second-order valence-electron chi connectivity index (χ2n) is 6.98. The van der Waals surface area contributed by atoms with Crippen LogP contribution in [0.4, 0.5) is 13.2 Å². The molecule has 0 atom stereocenters. The van der Waals surface area contributed by atoms with Gasteiger partial charge in [-0.2, -0.15) is 21.6 Å². The van der Waals surface area contributed by atoms with Crippen LogP contribution in [0.25, 0.3) is 11.3 Å². The fourth-order valence-electron chi connectivity index (χ4n) is 3.18. The van der Waals surface area contributed by atoms with Gasteiger partial charge in [0.25, 0.3) is 0 Å². The van der Waals surface area contributed by atoms with Crippen LogP contribution in [0, 0.1) is 6.92 Å². The molecule has 0 unspecified atom stereocenters. The fourth-order valence-corrected chi connectivity index (χ4v) is 3.67. The van der Waals surface area contributed by atoms with Gasteiger partial charge in [0.05, 0.1) is 12.7 Å². The summed E-state index contributed by atoms with van der Waals surface area (Å²) in [7, 11) is -4.48. The molecule has 1 aliphatic heterocycles. The molecule has 3 rings (SSSR count). The van der Waals surface area contributed by atoms with Gasteiger partial charge < -0.3 is 13.7 Å². The summed E-state index contributed by atoms with van der Waals surface area (Å²) in [5.74, 6) is 0.126. The third kappa shape index (κ3) is 3.78. The molecule has 156 valence electrons. The van der Waals surface area contributed by atoms with Crippen LogP contribution in [0.5, 0.6) is 11.5 Å². The Morgan fingerprint density at radius 2 is 1.69 bits per heavy atom. The fraction of sp³-hybridized carbons (Fsp3) is 0.300. The Morgan fingerprint density at radius 1 is 1.03 bits per heavy atom. The molecule has 0 aliphatic carbocycles. The summed E-state index contributed by atoms with van der Waals surface area (Å²) in [5, 5.41) is 0. The first-order valence-corrected chi connectivity index (χ1v) is 9.97. The molecule has 0 N–H and O–H groups in total. The minimum atomic E-state index is -5.90. The van der Waals surface area contributed by atoms with Crippen LogP contribution in [-0.2, 0) is 14.3 Å². The van der Waals surface area contributed by atoms with Gasteiger partial charge in [0.2, 0.25) is 0 Å². The van der Waals surface area contributed by atoms with E-state index in [0.717, 1.165) is 5.56 Å². The zero-order valence-corrected chi connectivity index (χ0v) is 16.9. The van der Waals surface area contributed by atoms with Crippen LogP contribution in [0.15, 0.2) is 42.5 Å². The normalized spacial score (nSPS) is 16.1. The van der Waals surface area contributed by atoms with Gasteiger partial charge in [-0.25, -0.2) is 0 Å². The standard InChI is InChI=1S/C20H19F3O5S/c1-12-7-5-6-8-14(12)17-18(28-29(24,25)20(21,22)23)15-10-9-13(26-4)11-16(15)27-19(17,2)3/h5-11H,1-4H3. The number of rotatable bonds is 4. The lowest BCUT2D eigenvalue weighted by molar-refractivity contribution is -0.0510. The first-order valence-electron chi connectivity index (χ1n) is 8.56. The van der Waals surface area contributed by atoms with Crippen molar-refractivity contribution < 1.29 is 35.2 Å². The summed E-state index contributed by atoms with van der Waals surface area (Å²) >= 11 is 0. The van der Waals surface area contributed by atoms with Gasteiger partial charge >= 0.3 is 15.6 Å². The smallest absolute Gasteiger partial charge is 0.497 e. The van der Waals surface area contributed by atoms with E-state index in [2.05, 4.69) is 0 Å². The van der Waals surface area contributed by atoms with Crippen molar-refractivity contribution in [3.05, 3.63) is 59.2 Å². The number of fused-ring (bicyclic) bond motifs is 1. The van der Waals surface area contributed by atoms with E-state index in [0.29, 0.717) is 11.3 Å². The van der Waals surface area contributed by atoms with Gasteiger partial charge in [0.15, 0.2) is 5.76 Å². The predicted molar refractivity (Wildman–Crippen MR) is 102 cm³/mol. The van der Waals surface area contributed by atoms with Crippen LogP contribution in [0.2, 0.25) is 0 Å². The predicted octanol–water partition coefficient (Wildman–Crippen LogP) is 4.91. The van der Waals surface area contributed by atoms with Crippen molar-refractivity contribution in [2.45, 2.75) is 31.9 Å². The van der Waals surface area contributed by atoms with Gasteiger partial charge in [-0.05, 0) is 44.0 Å². The average Bonchev–Trinajstić information content (AvgIpc) is 2.60. The monoisotopic (exact) mass is 428 g/mol. The minimum Gasteiger partial charge on any atom is -0.497 e. The molecule has 29 heavy (non-hydrogen) atoms. The Kier molecular flexibility index (Phi) is 5.06. The molecular weight excluding hydrogens is 409 g/mol. The van der Waals surface area contributed by atoms with E-state index >= 15 is 0 Å².